The van der Waals surface area contributed by atoms with Crippen molar-refractivity contribution in [1.82, 2.24) is 0 Å². The summed E-state index contributed by atoms with van der Waals surface area (Å²) in [6.07, 6.45) is -0.452. The van der Waals surface area contributed by atoms with Gasteiger partial charge in [0, 0.05) is 5.54 Å². The molecule has 0 heterocycles. The molecule has 0 aromatic heterocycles. The lowest BCUT2D eigenvalue weighted by Crippen LogP contribution is -2.43. The van der Waals surface area contributed by atoms with Crippen molar-refractivity contribution in [1.29, 1.82) is 0 Å². The van der Waals surface area contributed by atoms with E-state index < -0.39 is 14.9 Å². The molecule has 1 unspecified atom stereocenters. The summed E-state index contributed by atoms with van der Waals surface area (Å²) in [6.45, 7) is 4.46. The van der Waals surface area contributed by atoms with E-state index in [1.165, 1.54) is 0 Å². The van der Waals surface area contributed by atoms with Crippen LogP contribution in [0, 0.1) is 0 Å². The van der Waals surface area contributed by atoms with Crippen LogP contribution in [0.1, 0.15) is 13.8 Å². The maximum absolute atomic E-state index is 9.53. The molecule has 0 saturated heterocycles. The predicted molar refractivity (Wildman–Crippen MR) is 76.8 cm³/mol. The molecule has 4 N–H and O–H groups in total. The van der Waals surface area contributed by atoms with Gasteiger partial charge in [-0.15, -0.1) is 0 Å². The molecular weight excluding hydrogens is 300 g/mol. The molecule has 1 atom stereocenters. The second kappa shape index (κ2) is 12.4. The third-order valence-corrected chi connectivity index (χ3v) is 4.75. The molecule has 0 aliphatic heterocycles. The molecule has 0 spiro atoms. The Hall–Kier alpha value is -0.103. The Bertz CT molecular complexity index is 239. The smallest absolute Gasteiger partial charge is 0.394 e. The Kier molecular flexibility index (Phi) is 12.4. The van der Waals surface area contributed by atoms with E-state index in [1.807, 2.05) is 0 Å². The summed E-state index contributed by atoms with van der Waals surface area (Å²) in [7, 11) is -3.57. The minimum atomic E-state index is -3.57. The topological polar surface area (TPSA) is 118 Å². The molecule has 0 aromatic rings. The quantitative estimate of drug-likeness (QED) is 0.230. The molecule has 0 aliphatic rings. The molecule has 0 fully saturated rings. The Morgan fingerprint density at radius 2 is 1.57 bits per heavy atom. The summed E-state index contributed by atoms with van der Waals surface area (Å²) >= 11 is 0. The predicted octanol–water partition coefficient (Wildman–Crippen LogP) is -1.26. The van der Waals surface area contributed by atoms with Gasteiger partial charge in [0.25, 0.3) is 0 Å². The van der Waals surface area contributed by atoms with E-state index in [4.69, 9.17) is 28.8 Å². The lowest BCUT2D eigenvalue weighted by Gasteiger charge is -2.21. The number of hydrogen-bond acceptors (Lipinski definition) is 8. The van der Waals surface area contributed by atoms with Crippen LogP contribution in [0.25, 0.3) is 0 Å². The van der Waals surface area contributed by atoms with Gasteiger partial charge in [-0.25, -0.2) is 0 Å². The summed E-state index contributed by atoms with van der Waals surface area (Å²) in [5.74, 6) is 0. The van der Waals surface area contributed by atoms with Gasteiger partial charge >= 0.3 is 8.80 Å². The van der Waals surface area contributed by atoms with Crippen molar-refractivity contribution in [2.24, 2.45) is 0 Å². The zero-order chi connectivity index (χ0) is 16.1. The average molecular weight is 328 g/mol. The molecule has 0 aromatic carbocycles. The summed E-state index contributed by atoms with van der Waals surface area (Å²) in [6, 6.07) is 0. The first-order chi connectivity index (χ1) is 9.94. The van der Waals surface area contributed by atoms with Gasteiger partial charge in [0.05, 0.1) is 52.9 Å². The maximum atomic E-state index is 9.53. The largest absolute Gasteiger partial charge is 0.498 e. The van der Waals surface area contributed by atoms with Crippen LogP contribution in [0.4, 0.5) is 0 Å². The third kappa shape index (κ3) is 11.2. The van der Waals surface area contributed by atoms with Gasteiger partial charge in [0.2, 0.25) is 0 Å². The van der Waals surface area contributed by atoms with Gasteiger partial charge in [0.1, 0.15) is 6.10 Å². The van der Waals surface area contributed by atoms with E-state index in [9.17, 15) is 9.59 Å². The van der Waals surface area contributed by atoms with Crippen molar-refractivity contribution >= 4 is 8.80 Å². The molecule has 0 amide bonds. The van der Waals surface area contributed by atoms with Crippen molar-refractivity contribution in [3.05, 3.63) is 0 Å². The molecular formula is C12H28O8Si. The Morgan fingerprint density at radius 3 is 2.14 bits per heavy atom. The maximum Gasteiger partial charge on any atom is 0.498 e. The lowest BCUT2D eigenvalue weighted by molar-refractivity contribution is -0.0644. The summed E-state index contributed by atoms with van der Waals surface area (Å²) in [5, 5.41) is 17.6. The molecule has 9 heteroatoms. The second-order valence-corrected chi connectivity index (χ2v) is 7.51. The first kappa shape index (κ1) is 20.9. The van der Waals surface area contributed by atoms with Gasteiger partial charge in [-0.05, 0) is 0 Å². The summed E-state index contributed by atoms with van der Waals surface area (Å²) in [5.41, 5.74) is -0.301. The first-order valence-electron chi connectivity index (χ1n) is 7.01. The molecule has 0 bridgehead atoms. The molecule has 128 valence electrons. The van der Waals surface area contributed by atoms with E-state index in [1.54, 1.807) is 13.8 Å². The molecule has 0 radical (unpaired) electrons. The summed E-state index contributed by atoms with van der Waals surface area (Å²) < 4.78 is 20.6. The number of aliphatic hydroxyl groups is 2. The second-order valence-electron chi connectivity index (χ2n) is 4.75. The van der Waals surface area contributed by atoms with Gasteiger partial charge in [-0.2, -0.15) is 0 Å². The number of hydrogen-bond donors (Lipinski definition) is 4. The molecule has 0 aliphatic carbocycles. The highest BCUT2D eigenvalue weighted by molar-refractivity contribution is 6.59. The van der Waals surface area contributed by atoms with Crippen LogP contribution in [0.2, 0.25) is 5.54 Å². The Balaban J connectivity index is 3.50. The van der Waals surface area contributed by atoms with Crippen LogP contribution >= 0.6 is 0 Å². The van der Waals surface area contributed by atoms with Crippen LogP contribution in [0.3, 0.4) is 0 Å². The van der Waals surface area contributed by atoms with Crippen LogP contribution in [0.15, 0.2) is 0 Å². The van der Waals surface area contributed by atoms with E-state index in [2.05, 4.69) is 0 Å². The van der Waals surface area contributed by atoms with Crippen molar-refractivity contribution < 1.29 is 38.4 Å². The fraction of sp³-hybridized carbons (Fsp3) is 1.00. The minimum absolute atomic E-state index is 0.0713. The van der Waals surface area contributed by atoms with Crippen LogP contribution in [-0.2, 0) is 18.6 Å². The van der Waals surface area contributed by atoms with Gasteiger partial charge < -0.3 is 38.4 Å². The van der Waals surface area contributed by atoms with Crippen molar-refractivity contribution in [2.45, 2.75) is 25.5 Å². The van der Waals surface area contributed by atoms with Gasteiger partial charge in [0.15, 0.2) is 0 Å². The average Bonchev–Trinajstić information content (AvgIpc) is 2.44. The van der Waals surface area contributed by atoms with E-state index in [0.717, 1.165) is 0 Å². The molecule has 0 rings (SSSR count). The minimum Gasteiger partial charge on any atom is -0.394 e. The third-order valence-electron chi connectivity index (χ3n) is 2.62. The fourth-order valence-corrected chi connectivity index (χ4v) is 1.94. The van der Waals surface area contributed by atoms with E-state index >= 15 is 0 Å². The van der Waals surface area contributed by atoms with Crippen molar-refractivity contribution in [3.63, 3.8) is 0 Å². The zero-order valence-electron chi connectivity index (χ0n) is 12.7. The SMILES string of the molecule is CC(C)[Si](O)(O)OCCOCCOC(CO)COCCO. The molecule has 8 nitrogen and oxygen atoms in total. The van der Waals surface area contributed by atoms with Crippen LogP contribution in [0.5, 0.6) is 0 Å². The van der Waals surface area contributed by atoms with Crippen LogP contribution in [-0.4, -0.2) is 87.6 Å². The lowest BCUT2D eigenvalue weighted by atomic mass is 10.4. The number of ether oxygens (including phenoxy) is 3. The van der Waals surface area contributed by atoms with E-state index in [-0.39, 0.29) is 51.8 Å². The monoisotopic (exact) mass is 328 g/mol. The molecule has 21 heavy (non-hydrogen) atoms. The first-order valence-corrected chi connectivity index (χ1v) is 8.89. The van der Waals surface area contributed by atoms with E-state index in [0.29, 0.717) is 6.61 Å². The van der Waals surface area contributed by atoms with Crippen molar-refractivity contribution in [3.8, 4) is 0 Å². The Labute approximate surface area is 126 Å². The van der Waals surface area contributed by atoms with Gasteiger partial charge in [-0.1, -0.05) is 13.8 Å². The summed E-state index contributed by atoms with van der Waals surface area (Å²) in [4.78, 5) is 19.1. The molecule has 0 saturated carbocycles. The highest BCUT2D eigenvalue weighted by Gasteiger charge is 2.36. The van der Waals surface area contributed by atoms with Crippen LogP contribution < -0.4 is 0 Å². The van der Waals surface area contributed by atoms with Gasteiger partial charge in [-0.3, -0.25) is 0 Å². The zero-order valence-corrected chi connectivity index (χ0v) is 13.7. The standard InChI is InChI=1S/C12H28O8Si/c1-11(2)21(15,16)20-8-6-17-5-7-19-12(9-14)10-18-4-3-13/h11-16H,3-10H2,1-2H3. The van der Waals surface area contributed by atoms with Crippen molar-refractivity contribution in [2.75, 3.05) is 52.9 Å². The highest BCUT2D eigenvalue weighted by atomic mass is 28.4. The number of rotatable bonds is 14. The highest BCUT2D eigenvalue weighted by Crippen LogP contribution is 2.14. The fourth-order valence-electron chi connectivity index (χ4n) is 1.23. The normalized spacial score (nSPS) is 13.9. The Morgan fingerprint density at radius 1 is 0.905 bits per heavy atom. The number of aliphatic hydroxyl groups excluding tert-OH is 2.